The van der Waals surface area contributed by atoms with Crippen molar-refractivity contribution in [3.05, 3.63) is 75.0 Å². The maximum atomic E-state index is 13.0. The maximum Gasteiger partial charge on any atom is 0.322 e. The summed E-state index contributed by atoms with van der Waals surface area (Å²) in [5, 5.41) is 4.43. The Morgan fingerprint density at radius 1 is 1.27 bits per heavy atom. The van der Waals surface area contributed by atoms with Gasteiger partial charge in [0.2, 0.25) is 0 Å². The minimum Gasteiger partial charge on any atom is -0.376 e. The van der Waals surface area contributed by atoms with Crippen LogP contribution >= 0.6 is 11.6 Å². The van der Waals surface area contributed by atoms with Crippen LogP contribution in [0.1, 0.15) is 24.0 Å². The van der Waals surface area contributed by atoms with Crippen LogP contribution in [0.25, 0.3) is 10.9 Å². The van der Waals surface area contributed by atoms with Crippen LogP contribution in [0, 0.1) is 6.92 Å². The van der Waals surface area contributed by atoms with Crippen molar-refractivity contribution in [2.24, 2.45) is 0 Å². The minimum absolute atomic E-state index is 0.0252. The summed E-state index contributed by atoms with van der Waals surface area (Å²) >= 11 is 5.93. The molecule has 2 N–H and O–H groups in total. The molecule has 6 nitrogen and oxygen atoms in total. The quantitative estimate of drug-likeness (QED) is 0.622. The number of hydrogen-bond acceptors (Lipinski definition) is 3. The van der Waals surface area contributed by atoms with E-state index in [1.54, 1.807) is 29.2 Å². The van der Waals surface area contributed by atoms with Crippen molar-refractivity contribution in [1.82, 2.24) is 9.88 Å². The first-order valence-electron chi connectivity index (χ1n) is 10.0. The number of H-pyrrole nitrogens is 1. The summed E-state index contributed by atoms with van der Waals surface area (Å²) in [7, 11) is 0. The first-order chi connectivity index (χ1) is 14.5. The van der Waals surface area contributed by atoms with Gasteiger partial charge in [0, 0.05) is 29.4 Å². The number of anilines is 1. The lowest BCUT2D eigenvalue weighted by Gasteiger charge is -2.26. The maximum absolute atomic E-state index is 13.0. The van der Waals surface area contributed by atoms with E-state index >= 15 is 0 Å². The monoisotopic (exact) mass is 425 g/mol. The number of pyridine rings is 1. The molecule has 7 heteroatoms. The third-order valence-electron chi connectivity index (χ3n) is 5.36. The molecule has 0 unspecified atom stereocenters. The van der Waals surface area contributed by atoms with E-state index in [-0.39, 0.29) is 24.2 Å². The van der Waals surface area contributed by atoms with Gasteiger partial charge in [0.25, 0.3) is 5.56 Å². The molecule has 0 bridgehead atoms. The second-order valence-electron chi connectivity index (χ2n) is 7.62. The van der Waals surface area contributed by atoms with Gasteiger partial charge in [0.1, 0.15) is 0 Å². The number of urea groups is 1. The van der Waals surface area contributed by atoms with Gasteiger partial charge in [-0.3, -0.25) is 4.79 Å². The van der Waals surface area contributed by atoms with E-state index in [4.69, 9.17) is 16.3 Å². The number of aromatic amines is 1. The predicted octanol–water partition coefficient (Wildman–Crippen LogP) is 4.70. The zero-order chi connectivity index (χ0) is 21.1. The number of carbonyl (C=O) groups is 1. The molecular formula is C23H24ClN3O3. The van der Waals surface area contributed by atoms with E-state index in [9.17, 15) is 9.59 Å². The third kappa shape index (κ3) is 4.66. The van der Waals surface area contributed by atoms with Crippen LogP contribution in [0.15, 0.2) is 53.3 Å². The average Bonchev–Trinajstić information content (AvgIpc) is 3.24. The molecule has 1 fully saturated rings. The van der Waals surface area contributed by atoms with E-state index < -0.39 is 0 Å². The first-order valence-corrected chi connectivity index (χ1v) is 10.4. The molecule has 0 aliphatic carbocycles. The highest BCUT2D eigenvalue weighted by molar-refractivity contribution is 6.30. The van der Waals surface area contributed by atoms with E-state index in [0.717, 1.165) is 29.3 Å². The highest BCUT2D eigenvalue weighted by Gasteiger charge is 2.24. The Balaban J connectivity index is 1.59. The van der Waals surface area contributed by atoms with Gasteiger partial charge in [-0.15, -0.1) is 0 Å². The Hall–Kier alpha value is -2.83. The molecule has 156 valence electrons. The predicted molar refractivity (Wildman–Crippen MR) is 119 cm³/mol. The molecule has 2 aromatic carbocycles. The molecule has 1 aliphatic heterocycles. The van der Waals surface area contributed by atoms with E-state index in [1.807, 2.05) is 31.2 Å². The summed E-state index contributed by atoms with van der Waals surface area (Å²) in [6.45, 7) is 3.28. The van der Waals surface area contributed by atoms with Crippen molar-refractivity contribution < 1.29 is 9.53 Å². The highest BCUT2D eigenvalue weighted by Crippen LogP contribution is 2.19. The van der Waals surface area contributed by atoms with Crippen LogP contribution in [0.3, 0.4) is 0 Å². The van der Waals surface area contributed by atoms with Crippen molar-refractivity contribution in [2.75, 3.05) is 18.5 Å². The number of carbonyl (C=O) groups excluding carboxylic acids is 1. The topological polar surface area (TPSA) is 74.4 Å². The second-order valence-corrected chi connectivity index (χ2v) is 8.05. The Labute approximate surface area is 179 Å². The molecular weight excluding hydrogens is 402 g/mol. The van der Waals surface area contributed by atoms with Gasteiger partial charge in [0.05, 0.1) is 18.2 Å². The standard InChI is InChI=1S/C23H24ClN3O3/c1-15-4-2-5-16-12-17(22(28)26-21(15)16)13-27(14-20-6-3-11-30-20)23(29)25-19-9-7-18(24)8-10-19/h2,4-5,7-10,12,20H,3,6,11,13-14H2,1H3,(H,25,29)(H,26,28)/t20-/m0/s1. The lowest BCUT2D eigenvalue weighted by Crippen LogP contribution is -2.40. The molecule has 30 heavy (non-hydrogen) atoms. The first kappa shape index (κ1) is 20.4. The van der Waals surface area contributed by atoms with Crippen LogP contribution in [-0.2, 0) is 11.3 Å². The number of nitrogens with one attached hydrogen (secondary N) is 2. The van der Waals surface area contributed by atoms with Gasteiger partial charge in [-0.2, -0.15) is 0 Å². The number of amides is 2. The number of rotatable bonds is 5. The van der Waals surface area contributed by atoms with Crippen molar-refractivity contribution >= 4 is 34.2 Å². The SMILES string of the molecule is Cc1cccc2cc(CN(C[C@@H]3CCCO3)C(=O)Nc3ccc(Cl)cc3)c(=O)[nH]c12. The summed E-state index contributed by atoms with van der Waals surface area (Å²) in [4.78, 5) is 30.3. The van der Waals surface area contributed by atoms with Crippen LogP contribution in [-0.4, -0.2) is 35.2 Å². The molecule has 1 saturated heterocycles. The number of benzene rings is 2. The number of nitrogens with zero attached hydrogens (tertiary/aromatic N) is 1. The molecule has 0 saturated carbocycles. The fourth-order valence-electron chi connectivity index (χ4n) is 3.74. The summed E-state index contributed by atoms with van der Waals surface area (Å²) in [6, 6.07) is 14.4. The van der Waals surface area contributed by atoms with Crippen LogP contribution in [0.2, 0.25) is 5.02 Å². The summed E-state index contributed by atoms with van der Waals surface area (Å²) < 4.78 is 5.73. The number of fused-ring (bicyclic) bond motifs is 1. The molecule has 0 radical (unpaired) electrons. The number of aryl methyl sites for hydroxylation is 1. The molecule has 4 rings (SSSR count). The van der Waals surface area contributed by atoms with Gasteiger partial charge < -0.3 is 19.9 Å². The lowest BCUT2D eigenvalue weighted by molar-refractivity contribution is 0.0818. The number of halogens is 1. The normalized spacial score (nSPS) is 16.0. The summed E-state index contributed by atoms with van der Waals surface area (Å²) in [5.41, 5.74) is 2.82. The van der Waals surface area contributed by atoms with Crippen molar-refractivity contribution in [1.29, 1.82) is 0 Å². The molecule has 1 atom stereocenters. The molecule has 1 aromatic heterocycles. The minimum atomic E-state index is -0.281. The van der Waals surface area contributed by atoms with Gasteiger partial charge in [0.15, 0.2) is 0 Å². The Kier molecular flexibility index (Phi) is 6.06. The zero-order valence-corrected chi connectivity index (χ0v) is 17.5. The fourth-order valence-corrected chi connectivity index (χ4v) is 3.87. The van der Waals surface area contributed by atoms with Crippen molar-refractivity contribution in [3.63, 3.8) is 0 Å². The lowest BCUT2D eigenvalue weighted by atomic mass is 10.1. The molecule has 3 aromatic rings. The third-order valence-corrected chi connectivity index (χ3v) is 5.61. The average molecular weight is 426 g/mol. The van der Waals surface area contributed by atoms with Gasteiger partial charge in [-0.1, -0.05) is 29.8 Å². The molecule has 2 heterocycles. The molecule has 2 amide bonds. The van der Waals surface area contributed by atoms with Crippen LogP contribution in [0.5, 0.6) is 0 Å². The second kappa shape index (κ2) is 8.90. The smallest absolute Gasteiger partial charge is 0.322 e. The zero-order valence-electron chi connectivity index (χ0n) is 16.8. The van der Waals surface area contributed by atoms with E-state index in [2.05, 4.69) is 10.3 Å². The van der Waals surface area contributed by atoms with Gasteiger partial charge >= 0.3 is 6.03 Å². The van der Waals surface area contributed by atoms with Crippen molar-refractivity contribution in [3.8, 4) is 0 Å². The number of aromatic nitrogens is 1. The number of ether oxygens (including phenoxy) is 1. The Bertz CT molecular complexity index is 1100. The van der Waals surface area contributed by atoms with Gasteiger partial charge in [-0.05, 0) is 61.0 Å². The van der Waals surface area contributed by atoms with Gasteiger partial charge in [-0.25, -0.2) is 4.79 Å². The van der Waals surface area contributed by atoms with E-state index in [0.29, 0.717) is 29.4 Å². The van der Waals surface area contributed by atoms with E-state index in [1.165, 1.54) is 0 Å². The Morgan fingerprint density at radius 3 is 2.80 bits per heavy atom. The number of para-hydroxylation sites is 1. The van der Waals surface area contributed by atoms with Crippen molar-refractivity contribution in [2.45, 2.75) is 32.4 Å². The largest absolute Gasteiger partial charge is 0.376 e. The highest BCUT2D eigenvalue weighted by atomic mass is 35.5. The van der Waals surface area contributed by atoms with Crippen LogP contribution in [0.4, 0.5) is 10.5 Å². The number of hydrogen-bond donors (Lipinski definition) is 2. The summed E-state index contributed by atoms with van der Waals surface area (Å²) in [6.07, 6.45) is 1.85. The summed E-state index contributed by atoms with van der Waals surface area (Å²) in [5.74, 6) is 0. The van der Waals surface area contributed by atoms with Crippen LogP contribution < -0.4 is 10.9 Å². The molecule has 0 spiro atoms. The molecule has 1 aliphatic rings. The fraction of sp³-hybridized carbons (Fsp3) is 0.304. The Morgan fingerprint density at radius 2 is 2.07 bits per heavy atom.